The third-order valence-electron chi connectivity index (χ3n) is 2.93. The first kappa shape index (κ1) is 10.9. The first-order valence-corrected chi connectivity index (χ1v) is 6.40. The minimum atomic E-state index is 0.760. The number of ether oxygens (including phenoxy) is 1. The lowest BCUT2D eigenvalue weighted by Crippen LogP contribution is -2.05. The molecule has 0 aromatic carbocycles. The number of fused-ring (bicyclic) bond motifs is 1. The summed E-state index contributed by atoms with van der Waals surface area (Å²) >= 11 is 3.53. The number of halogens is 1. The minimum absolute atomic E-state index is 0.760. The van der Waals surface area contributed by atoms with Crippen molar-refractivity contribution in [2.75, 3.05) is 13.2 Å². The molecule has 0 N–H and O–H groups in total. The molecular formula is C12H12BrN3O. The van der Waals surface area contributed by atoms with Crippen LogP contribution in [0.25, 0.3) is 5.69 Å². The summed E-state index contributed by atoms with van der Waals surface area (Å²) in [5.41, 5.74) is 3.55. The summed E-state index contributed by atoms with van der Waals surface area (Å²) in [6.45, 7) is 1.53. The van der Waals surface area contributed by atoms with E-state index >= 15 is 0 Å². The maximum absolute atomic E-state index is 5.51. The Kier molecular flexibility index (Phi) is 2.94. The van der Waals surface area contributed by atoms with Gasteiger partial charge in [0, 0.05) is 30.8 Å². The zero-order valence-corrected chi connectivity index (χ0v) is 10.9. The Morgan fingerprint density at radius 3 is 2.76 bits per heavy atom. The van der Waals surface area contributed by atoms with E-state index in [0.29, 0.717) is 0 Å². The lowest BCUT2D eigenvalue weighted by atomic mass is 10.1. The number of aromatic nitrogens is 3. The Balaban J connectivity index is 2.12. The molecule has 0 spiro atoms. The lowest BCUT2D eigenvalue weighted by Gasteiger charge is -2.06. The van der Waals surface area contributed by atoms with Gasteiger partial charge in [0.15, 0.2) is 0 Å². The van der Waals surface area contributed by atoms with E-state index < -0.39 is 0 Å². The van der Waals surface area contributed by atoms with Gasteiger partial charge in [-0.15, -0.1) is 0 Å². The van der Waals surface area contributed by atoms with Gasteiger partial charge in [-0.2, -0.15) is 5.10 Å². The first-order valence-electron chi connectivity index (χ1n) is 5.60. The van der Waals surface area contributed by atoms with E-state index in [2.05, 4.69) is 26.0 Å². The monoisotopic (exact) mass is 293 g/mol. The van der Waals surface area contributed by atoms with Crippen LogP contribution in [0, 0.1) is 0 Å². The molecule has 0 saturated heterocycles. The van der Waals surface area contributed by atoms with Gasteiger partial charge >= 0.3 is 0 Å². The molecule has 0 aliphatic carbocycles. The molecule has 5 heteroatoms. The molecule has 2 aromatic rings. The van der Waals surface area contributed by atoms with E-state index in [9.17, 15) is 0 Å². The van der Waals surface area contributed by atoms with Crippen LogP contribution >= 0.6 is 15.9 Å². The Morgan fingerprint density at radius 2 is 1.94 bits per heavy atom. The number of hydrogen-bond acceptors (Lipinski definition) is 3. The summed E-state index contributed by atoms with van der Waals surface area (Å²) in [7, 11) is 0. The molecule has 2 aromatic heterocycles. The Hall–Kier alpha value is -1.20. The molecule has 0 saturated carbocycles. The highest BCUT2D eigenvalue weighted by Gasteiger charge is 2.19. The minimum Gasteiger partial charge on any atom is -0.381 e. The van der Waals surface area contributed by atoms with Crippen molar-refractivity contribution < 1.29 is 4.74 Å². The molecule has 0 radical (unpaired) electrons. The topological polar surface area (TPSA) is 39.9 Å². The molecular weight excluding hydrogens is 282 g/mol. The van der Waals surface area contributed by atoms with Crippen molar-refractivity contribution in [3.63, 3.8) is 0 Å². The third-order valence-corrected chi connectivity index (χ3v) is 3.56. The summed E-state index contributed by atoms with van der Waals surface area (Å²) in [6.07, 6.45) is 5.38. The second-order valence-corrected chi connectivity index (χ2v) is 4.70. The van der Waals surface area contributed by atoms with Crippen molar-refractivity contribution in [2.24, 2.45) is 0 Å². The summed E-state index contributed by atoms with van der Waals surface area (Å²) in [5.74, 6) is 0. The van der Waals surface area contributed by atoms with Gasteiger partial charge in [0.25, 0.3) is 0 Å². The number of hydrogen-bond donors (Lipinski definition) is 0. The molecule has 4 nitrogen and oxygen atoms in total. The normalized spacial score (nSPS) is 15.4. The van der Waals surface area contributed by atoms with E-state index in [1.165, 1.54) is 11.3 Å². The van der Waals surface area contributed by atoms with Gasteiger partial charge in [-0.1, -0.05) is 0 Å². The Morgan fingerprint density at radius 1 is 1.18 bits per heavy atom. The van der Waals surface area contributed by atoms with Crippen molar-refractivity contribution in [1.29, 1.82) is 0 Å². The van der Waals surface area contributed by atoms with Crippen molar-refractivity contribution in [2.45, 2.75) is 12.8 Å². The molecule has 3 rings (SSSR count). The molecule has 3 heterocycles. The van der Waals surface area contributed by atoms with Crippen LogP contribution in [0.15, 0.2) is 29.1 Å². The van der Waals surface area contributed by atoms with Gasteiger partial charge in [0.2, 0.25) is 0 Å². The van der Waals surface area contributed by atoms with Crippen LogP contribution < -0.4 is 0 Å². The summed E-state index contributed by atoms with van der Waals surface area (Å²) in [5, 5.41) is 4.55. The van der Waals surface area contributed by atoms with Gasteiger partial charge in [0.05, 0.1) is 24.6 Å². The summed E-state index contributed by atoms with van der Waals surface area (Å²) in [6, 6.07) is 3.93. The van der Waals surface area contributed by atoms with Crippen LogP contribution in [0.3, 0.4) is 0 Å². The largest absolute Gasteiger partial charge is 0.381 e. The van der Waals surface area contributed by atoms with E-state index in [1.807, 2.05) is 16.8 Å². The molecule has 1 aliphatic heterocycles. The molecule has 88 valence electrons. The molecule has 0 unspecified atom stereocenters. The molecule has 0 fully saturated rings. The summed E-state index contributed by atoms with van der Waals surface area (Å²) in [4.78, 5) is 4.03. The summed E-state index contributed by atoms with van der Waals surface area (Å²) < 4.78 is 8.41. The van der Waals surface area contributed by atoms with Crippen LogP contribution in [0.5, 0.6) is 0 Å². The van der Waals surface area contributed by atoms with Crippen molar-refractivity contribution in [1.82, 2.24) is 14.8 Å². The predicted molar refractivity (Wildman–Crippen MR) is 67.3 cm³/mol. The number of rotatable bonds is 1. The van der Waals surface area contributed by atoms with Crippen LogP contribution in [0.4, 0.5) is 0 Å². The van der Waals surface area contributed by atoms with E-state index in [4.69, 9.17) is 4.74 Å². The fraction of sp³-hybridized carbons (Fsp3) is 0.333. The quantitative estimate of drug-likeness (QED) is 0.809. The van der Waals surface area contributed by atoms with Gasteiger partial charge in [0.1, 0.15) is 4.60 Å². The van der Waals surface area contributed by atoms with Gasteiger partial charge in [-0.3, -0.25) is 4.98 Å². The standard InChI is InChI=1S/C12H12BrN3O/c13-12-10-3-7-17-8-4-11(10)16(15-12)9-1-5-14-6-2-9/h1-2,5-6H,3-4,7-8H2. The first-order chi connectivity index (χ1) is 8.36. The zero-order chi connectivity index (χ0) is 11.7. The smallest absolute Gasteiger partial charge is 0.132 e. The van der Waals surface area contributed by atoms with E-state index in [0.717, 1.165) is 36.3 Å². The van der Waals surface area contributed by atoms with E-state index in [1.54, 1.807) is 12.4 Å². The molecule has 0 atom stereocenters. The number of nitrogens with zero attached hydrogens (tertiary/aromatic N) is 3. The average molecular weight is 294 g/mol. The Bertz CT molecular complexity index is 524. The van der Waals surface area contributed by atoms with Crippen LogP contribution in [-0.2, 0) is 17.6 Å². The SMILES string of the molecule is Brc1nn(-c2ccncc2)c2c1CCOCC2. The highest BCUT2D eigenvalue weighted by Crippen LogP contribution is 2.25. The second-order valence-electron chi connectivity index (χ2n) is 3.95. The van der Waals surface area contributed by atoms with Crippen molar-refractivity contribution >= 4 is 15.9 Å². The zero-order valence-electron chi connectivity index (χ0n) is 9.27. The third kappa shape index (κ3) is 2.00. The van der Waals surface area contributed by atoms with Crippen LogP contribution in [-0.4, -0.2) is 28.0 Å². The molecule has 17 heavy (non-hydrogen) atoms. The average Bonchev–Trinajstić information content (AvgIpc) is 2.57. The highest BCUT2D eigenvalue weighted by molar-refractivity contribution is 9.10. The predicted octanol–water partition coefficient (Wildman–Crippen LogP) is 2.15. The van der Waals surface area contributed by atoms with Crippen molar-refractivity contribution in [3.8, 4) is 5.69 Å². The lowest BCUT2D eigenvalue weighted by molar-refractivity contribution is 0.145. The van der Waals surface area contributed by atoms with Gasteiger partial charge in [-0.05, 0) is 28.1 Å². The van der Waals surface area contributed by atoms with E-state index in [-0.39, 0.29) is 0 Å². The maximum Gasteiger partial charge on any atom is 0.132 e. The van der Waals surface area contributed by atoms with Gasteiger partial charge < -0.3 is 4.74 Å². The molecule has 0 bridgehead atoms. The fourth-order valence-electron chi connectivity index (χ4n) is 2.10. The highest BCUT2D eigenvalue weighted by atomic mass is 79.9. The second kappa shape index (κ2) is 4.58. The van der Waals surface area contributed by atoms with Crippen LogP contribution in [0.2, 0.25) is 0 Å². The van der Waals surface area contributed by atoms with Crippen LogP contribution in [0.1, 0.15) is 11.3 Å². The molecule has 0 amide bonds. The van der Waals surface area contributed by atoms with Gasteiger partial charge in [-0.25, -0.2) is 4.68 Å². The maximum atomic E-state index is 5.51. The fourth-order valence-corrected chi connectivity index (χ4v) is 2.69. The Labute approximate surface area is 108 Å². The number of pyridine rings is 1. The van der Waals surface area contributed by atoms with Crippen molar-refractivity contribution in [3.05, 3.63) is 40.4 Å². The molecule has 1 aliphatic rings.